The molecule has 9 heteroatoms. The van der Waals surface area contributed by atoms with Crippen molar-refractivity contribution >= 4 is 39.2 Å². The van der Waals surface area contributed by atoms with E-state index >= 15 is 0 Å². The van der Waals surface area contributed by atoms with Gasteiger partial charge in [0.25, 0.3) is 0 Å². The molecule has 0 bridgehead atoms. The molecule has 0 radical (unpaired) electrons. The van der Waals surface area contributed by atoms with Crippen LogP contribution in [0.15, 0.2) is 34.2 Å². The fourth-order valence-corrected chi connectivity index (χ4v) is 3.96. The lowest BCUT2D eigenvalue weighted by atomic mass is 10.1. The van der Waals surface area contributed by atoms with Crippen molar-refractivity contribution in [1.82, 2.24) is 9.62 Å². The molecule has 7 nitrogen and oxygen atoms in total. The fraction of sp³-hybridized carbons (Fsp3) is 0.529. The molecule has 1 heterocycles. The molecule has 0 aliphatic carbocycles. The molecule has 26 heavy (non-hydrogen) atoms. The molecule has 1 aliphatic heterocycles. The van der Waals surface area contributed by atoms with Crippen molar-refractivity contribution in [1.29, 1.82) is 0 Å². The largest absolute Gasteiger partial charge is 0.444 e. The molecule has 0 saturated carbocycles. The standard InChI is InChI=1S/C17H23N3O4S2/c1-17(2,3)24-16(21)20-10-8-14(9-11-20)19-26(22,23)15-6-4-13(5-7-15)18-12-25/h4-7,14,19H,8-11H2,1-3H3. The summed E-state index contributed by atoms with van der Waals surface area (Å²) in [6.07, 6.45) is 0.700. The quantitative estimate of drug-likeness (QED) is 0.623. The first-order valence-corrected chi connectivity index (χ1v) is 10.2. The van der Waals surface area contributed by atoms with E-state index in [1.54, 1.807) is 17.0 Å². The second kappa shape index (κ2) is 8.26. The number of rotatable bonds is 4. The first-order chi connectivity index (χ1) is 12.1. The third-order valence-corrected chi connectivity index (χ3v) is 5.42. The van der Waals surface area contributed by atoms with E-state index in [0.29, 0.717) is 31.6 Å². The van der Waals surface area contributed by atoms with Crippen molar-refractivity contribution in [3.8, 4) is 0 Å². The van der Waals surface area contributed by atoms with Crippen molar-refractivity contribution in [2.24, 2.45) is 4.99 Å². The zero-order valence-electron chi connectivity index (χ0n) is 15.1. The fourth-order valence-electron chi connectivity index (χ4n) is 2.55. The van der Waals surface area contributed by atoms with Crippen LogP contribution in [0.25, 0.3) is 0 Å². The maximum Gasteiger partial charge on any atom is 0.410 e. The van der Waals surface area contributed by atoms with Crippen molar-refractivity contribution < 1.29 is 17.9 Å². The Morgan fingerprint density at radius 1 is 1.27 bits per heavy atom. The number of nitrogens with one attached hydrogen (secondary N) is 1. The maximum atomic E-state index is 12.5. The Balaban J connectivity index is 1.93. The normalized spacial score (nSPS) is 16.0. The highest BCUT2D eigenvalue weighted by molar-refractivity contribution is 7.89. The highest BCUT2D eigenvalue weighted by Crippen LogP contribution is 2.19. The van der Waals surface area contributed by atoms with Crippen LogP contribution in [0.4, 0.5) is 10.5 Å². The number of carbonyl (C=O) groups is 1. The molecule has 1 amide bonds. The smallest absolute Gasteiger partial charge is 0.410 e. The van der Waals surface area contributed by atoms with Crippen LogP contribution >= 0.6 is 12.2 Å². The van der Waals surface area contributed by atoms with Gasteiger partial charge in [0.2, 0.25) is 10.0 Å². The van der Waals surface area contributed by atoms with E-state index in [1.807, 2.05) is 20.8 Å². The topological polar surface area (TPSA) is 88.1 Å². The SMILES string of the molecule is CC(C)(C)OC(=O)N1CCC(NS(=O)(=O)c2ccc(N=C=S)cc2)CC1. The van der Waals surface area contributed by atoms with Gasteiger partial charge >= 0.3 is 6.09 Å². The van der Waals surface area contributed by atoms with Gasteiger partial charge in [-0.3, -0.25) is 0 Å². The number of sulfonamides is 1. The minimum absolute atomic E-state index is 0.162. The molecule has 1 N–H and O–H groups in total. The number of ether oxygens (including phenoxy) is 1. The van der Waals surface area contributed by atoms with Gasteiger partial charge in [0.1, 0.15) is 5.60 Å². The highest BCUT2D eigenvalue weighted by atomic mass is 32.2. The molecule has 0 aromatic heterocycles. The summed E-state index contributed by atoms with van der Waals surface area (Å²) in [4.78, 5) is 17.6. The van der Waals surface area contributed by atoms with Crippen LogP contribution in [0.2, 0.25) is 0 Å². The van der Waals surface area contributed by atoms with Gasteiger partial charge in [0, 0.05) is 19.1 Å². The zero-order chi connectivity index (χ0) is 19.4. The molecule has 1 saturated heterocycles. The van der Waals surface area contributed by atoms with E-state index in [0.717, 1.165) is 0 Å². The lowest BCUT2D eigenvalue weighted by Gasteiger charge is -2.33. The minimum atomic E-state index is -3.63. The predicted molar refractivity (Wildman–Crippen MR) is 102 cm³/mol. The van der Waals surface area contributed by atoms with Crippen LogP contribution in [0, 0.1) is 0 Å². The van der Waals surface area contributed by atoms with Crippen LogP contribution in [0.5, 0.6) is 0 Å². The summed E-state index contributed by atoms with van der Waals surface area (Å²) in [7, 11) is -3.63. The predicted octanol–water partition coefficient (Wildman–Crippen LogP) is 3.10. The molecule has 1 aromatic carbocycles. The van der Waals surface area contributed by atoms with Crippen LogP contribution in [0.1, 0.15) is 33.6 Å². The van der Waals surface area contributed by atoms with Gasteiger partial charge in [-0.25, -0.2) is 17.9 Å². The average molecular weight is 398 g/mol. The first-order valence-electron chi connectivity index (χ1n) is 8.29. The number of isothiocyanates is 1. The molecule has 2 rings (SSSR count). The van der Waals surface area contributed by atoms with Crippen molar-refractivity contribution in [2.75, 3.05) is 13.1 Å². The van der Waals surface area contributed by atoms with E-state index in [4.69, 9.17) is 4.74 Å². The molecule has 142 valence electrons. The lowest BCUT2D eigenvalue weighted by Crippen LogP contribution is -2.47. The van der Waals surface area contributed by atoms with Gasteiger partial charge in [-0.2, -0.15) is 4.99 Å². The summed E-state index contributed by atoms with van der Waals surface area (Å²) >= 11 is 4.52. The molecule has 0 unspecified atom stereocenters. The van der Waals surface area contributed by atoms with Crippen LogP contribution < -0.4 is 4.72 Å². The summed E-state index contributed by atoms with van der Waals surface area (Å²) in [5, 5.41) is 2.24. The summed E-state index contributed by atoms with van der Waals surface area (Å²) < 4.78 is 33.0. The molecule has 1 aromatic rings. The van der Waals surface area contributed by atoms with Gasteiger partial charge in [-0.1, -0.05) is 0 Å². The molecule has 1 fully saturated rings. The Bertz CT molecular complexity index is 786. The van der Waals surface area contributed by atoms with Crippen molar-refractivity contribution in [3.05, 3.63) is 24.3 Å². The van der Waals surface area contributed by atoms with Gasteiger partial charge < -0.3 is 9.64 Å². The Morgan fingerprint density at radius 3 is 2.35 bits per heavy atom. The van der Waals surface area contributed by atoms with Crippen LogP contribution in [-0.2, 0) is 14.8 Å². The van der Waals surface area contributed by atoms with E-state index in [9.17, 15) is 13.2 Å². The molecule has 0 atom stereocenters. The first kappa shape index (κ1) is 20.5. The summed E-state index contributed by atoms with van der Waals surface area (Å²) in [5.74, 6) is 0. The number of hydrogen-bond acceptors (Lipinski definition) is 6. The Kier molecular flexibility index (Phi) is 6.52. The van der Waals surface area contributed by atoms with E-state index in [1.165, 1.54) is 12.1 Å². The second-order valence-corrected chi connectivity index (χ2v) is 8.96. The van der Waals surface area contributed by atoms with Crippen LogP contribution in [-0.4, -0.2) is 49.3 Å². The minimum Gasteiger partial charge on any atom is -0.444 e. The Morgan fingerprint density at radius 2 is 1.85 bits per heavy atom. The Hall–Kier alpha value is -1.80. The number of benzene rings is 1. The monoisotopic (exact) mass is 397 g/mol. The number of amides is 1. The number of carbonyl (C=O) groups excluding carboxylic acids is 1. The Labute approximate surface area is 159 Å². The molecular weight excluding hydrogens is 374 g/mol. The molecular formula is C17H23N3O4S2. The van der Waals surface area contributed by atoms with E-state index < -0.39 is 15.6 Å². The van der Waals surface area contributed by atoms with Gasteiger partial charge in [0.05, 0.1) is 15.7 Å². The second-order valence-electron chi connectivity index (χ2n) is 7.06. The third kappa shape index (κ3) is 5.88. The molecule has 0 spiro atoms. The van der Waals surface area contributed by atoms with Gasteiger partial charge in [0.15, 0.2) is 0 Å². The third-order valence-electron chi connectivity index (χ3n) is 3.79. The summed E-state index contributed by atoms with van der Waals surface area (Å²) in [6.45, 7) is 6.34. The number of aliphatic imine (C=N–C) groups is 1. The highest BCUT2D eigenvalue weighted by Gasteiger charge is 2.29. The van der Waals surface area contributed by atoms with Crippen LogP contribution in [0.3, 0.4) is 0 Å². The summed E-state index contributed by atoms with van der Waals surface area (Å²) in [6, 6.07) is 5.86. The number of likely N-dealkylation sites (tertiary alicyclic amines) is 1. The lowest BCUT2D eigenvalue weighted by molar-refractivity contribution is 0.0203. The average Bonchev–Trinajstić information content (AvgIpc) is 2.54. The maximum absolute atomic E-state index is 12.5. The van der Waals surface area contributed by atoms with E-state index in [2.05, 4.69) is 27.1 Å². The number of hydrogen-bond donors (Lipinski definition) is 1. The molecule has 1 aliphatic rings. The van der Waals surface area contributed by atoms with Crippen molar-refractivity contribution in [3.63, 3.8) is 0 Å². The van der Waals surface area contributed by atoms with Gasteiger partial charge in [-0.05, 0) is 70.1 Å². The zero-order valence-corrected chi connectivity index (χ0v) is 16.7. The number of thiocarbonyl (C=S) groups is 1. The summed E-state index contributed by atoms with van der Waals surface area (Å²) in [5.41, 5.74) is -0.000978. The van der Waals surface area contributed by atoms with Gasteiger partial charge in [-0.15, -0.1) is 0 Å². The van der Waals surface area contributed by atoms with Crippen molar-refractivity contribution in [2.45, 2.75) is 50.2 Å². The number of piperidine rings is 1. The van der Waals surface area contributed by atoms with E-state index in [-0.39, 0.29) is 17.0 Å². The number of nitrogens with zero attached hydrogens (tertiary/aromatic N) is 2.